The van der Waals surface area contributed by atoms with Crippen molar-refractivity contribution in [2.75, 3.05) is 0 Å². The molecule has 0 fully saturated rings. The Morgan fingerprint density at radius 2 is 1.92 bits per heavy atom. The predicted octanol–water partition coefficient (Wildman–Crippen LogP) is 3.23. The topological polar surface area (TPSA) is 37.3 Å². The van der Waals surface area contributed by atoms with Gasteiger partial charge in [-0.05, 0) is 12.8 Å². The van der Waals surface area contributed by atoms with Gasteiger partial charge in [0.25, 0.3) is 5.97 Å². The van der Waals surface area contributed by atoms with E-state index >= 15 is 0 Å². The maximum absolute atomic E-state index is 9.00. The predicted molar refractivity (Wildman–Crippen MR) is 52.3 cm³/mol. The van der Waals surface area contributed by atoms with Crippen molar-refractivity contribution in [3.05, 3.63) is 12.7 Å². The van der Waals surface area contributed by atoms with Crippen molar-refractivity contribution in [1.82, 2.24) is 0 Å². The molecule has 0 atom stereocenters. The van der Waals surface area contributed by atoms with E-state index in [0.717, 1.165) is 6.92 Å². The normalized spacial score (nSPS) is 8.17. The summed E-state index contributed by atoms with van der Waals surface area (Å²) in [5.41, 5.74) is 0. The van der Waals surface area contributed by atoms with Gasteiger partial charge >= 0.3 is 0 Å². The summed E-state index contributed by atoms with van der Waals surface area (Å²) in [4.78, 5) is 9.00. The minimum absolute atomic E-state index is 0.833. The number of carboxylic acids is 1. The largest absolute Gasteiger partial charge is 0.481 e. The quantitative estimate of drug-likeness (QED) is 0.510. The van der Waals surface area contributed by atoms with E-state index in [2.05, 4.69) is 13.5 Å². The van der Waals surface area contributed by atoms with Crippen LogP contribution in [0.2, 0.25) is 0 Å². The summed E-state index contributed by atoms with van der Waals surface area (Å²) in [6.45, 7) is 6.97. The third-order valence-electron chi connectivity index (χ3n) is 1.26. The van der Waals surface area contributed by atoms with Gasteiger partial charge in [0, 0.05) is 6.92 Å². The second-order valence-corrected chi connectivity index (χ2v) is 2.66. The number of carboxylic acid groups (broad SMARTS) is 1. The molecule has 0 heterocycles. The van der Waals surface area contributed by atoms with Gasteiger partial charge in [0.1, 0.15) is 0 Å². The van der Waals surface area contributed by atoms with Crippen LogP contribution < -0.4 is 0 Å². The lowest BCUT2D eigenvalue weighted by atomic mass is 10.2. The highest BCUT2D eigenvalue weighted by atomic mass is 16.4. The molecule has 0 aliphatic rings. The van der Waals surface area contributed by atoms with Crippen LogP contribution >= 0.6 is 0 Å². The van der Waals surface area contributed by atoms with E-state index in [1.807, 2.05) is 6.08 Å². The molecule has 0 radical (unpaired) electrons. The number of hydrogen-bond donors (Lipinski definition) is 1. The van der Waals surface area contributed by atoms with E-state index in [-0.39, 0.29) is 0 Å². The van der Waals surface area contributed by atoms with Crippen LogP contribution in [0.5, 0.6) is 0 Å². The first-order chi connectivity index (χ1) is 5.65. The Morgan fingerprint density at radius 1 is 1.42 bits per heavy atom. The van der Waals surface area contributed by atoms with Crippen molar-refractivity contribution in [3.8, 4) is 0 Å². The molecule has 0 aromatic carbocycles. The number of rotatable bonds is 5. The second kappa shape index (κ2) is 12.8. The molecule has 2 nitrogen and oxygen atoms in total. The molecule has 0 amide bonds. The molecule has 72 valence electrons. The molecule has 0 aromatic heterocycles. The zero-order chi connectivity index (χ0) is 9.82. The molecule has 0 aromatic rings. The van der Waals surface area contributed by atoms with Crippen LogP contribution in [0.15, 0.2) is 12.7 Å². The van der Waals surface area contributed by atoms with Crippen molar-refractivity contribution < 1.29 is 9.90 Å². The number of aliphatic carboxylic acids is 1. The Bertz CT molecular complexity index is 104. The molecular formula is C10H20O2. The summed E-state index contributed by atoms with van der Waals surface area (Å²) in [6.07, 6.45) is 8.61. The van der Waals surface area contributed by atoms with Crippen LogP contribution in [0.1, 0.15) is 46.0 Å². The Kier molecular flexibility index (Phi) is 14.8. The lowest BCUT2D eigenvalue weighted by Crippen LogP contribution is -1.78. The van der Waals surface area contributed by atoms with Crippen molar-refractivity contribution in [2.45, 2.75) is 46.0 Å². The first kappa shape index (κ1) is 13.8. The van der Waals surface area contributed by atoms with Gasteiger partial charge in [-0.1, -0.05) is 32.3 Å². The maximum Gasteiger partial charge on any atom is 0.300 e. The molecule has 0 spiro atoms. The fourth-order valence-corrected chi connectivity index (χ4v) is 0.715. The van der Waals surface area contributed by atoms with Gasteiger partial charge in [0.2, 0.25) is 0 Å². The summed E-state index contributed by atoms with van der Waals surface area (Å²) in [5, 5.41) is 7.42. The highest BCUT2D eigenvalue weighted by Gasteiger charge is 1.81. The fraction of sp³-hybridized carbons (Fsp3) is 0.700. The molecule has 0 saturated heterocycles. The summed E-state index contributed by atoms with van der Waals surface area (Å²) >= 11 is 0. The van der Waals surface area contributed by atoms with Gasteiger partial charge < -0.3 is 5.11 Å². The lowest BCUT2D eigenvalue weighted by Gasteiger charge is -1.91. The van der Waals surface area contributed by atoms with E-state index in [0.29, 0.717) is 0 Å². The van der Waals surface area contributed by atoms with Crippen LogP contribution in [0.25, 0.3) is 0 Å². The van der Waals surface area contributed by atoms with Crippen LogP contribution in [0.3, 0.4) is 0 Å². The van der Waals surface area contributed by atoms with E-state index in [1.54, 1.807) is 0 Å². The molecule has 0 unspecified atom stereocenters. The van der Waals surface area contributed by atoms with Gasteiger partial charge in [-0.2, -0.15) is 0 Å². The molecule has 1 N–H and O–H groups in total. The molecule has 0 rings (SSSR count). The fourth-order valence-electron chi connectivity index (χ4n) is 0.715. The third-order valence-corrected chi connectivity index (χ3v) is 1.26. The minimum Gasteiger partial charge on any atom is -0.481 e. The SMILES string of the molecule is C=CCCCCCC.CC(=O)O. The zero-order valence-corrected chi connectivity index (χ0v) is 8.18. The van der Waals surface area contributed by atoms with E-state index in [4.69, 9.17) is 9.90 Å². The van der Waals surface area contributed by atoms with Gasteiger partial charge in [-0.15, -0.1) is 6.58 Å². The van der Waals surface area contributed by atoms with Gasteiger partial charge in [0.05, 0.1) is 0 Å². The van der Waals surface area contributed by atoms with Crippen molar-refractivity contribution in [3.63, 3.8) is 0 Å². The Hall–Kier alpha value is -0.790. The number of carbonyl (C=O) groups is 1. The lowest BCUT2D eigenvalue weighted by molar-refractivity contribution is -0.134. The zero-order valence-electron chi connectivity index (χ0n) is 8.18. The van der Waals surface area contributed by atoms with E-state index < -0.39 is 5.97 Å². The summed E-state index contributed by atoms with van der Waals surface area (Å²) < 4.78 is 0. The molecule has 12 heavy (non-hydrogen) atoms. The Labute approximate surface area is 75.3 Å². The van der Waals surface area contributed by atoms with Crippen molar-refractivity contribution >= 4 is 5.97 Å². The molecule has 0 bridgehead atoms. The average Bonchev–Trinajstić information content (AvgIpc) is 1.97. The average molecular weight is 172 g/mol. The Balaban J connectivity index is 0. The first-order valence-corrected chi connectivity index (χ1v) is 4.45. The van der Waals surface area contributed by atoms with Gasteiger partial charge in [0.15, 0.2) is 0 Å². The third kappa shape index (κ3) is 35.0. The smallest absolute Gasteiger partial charge is 0.300 e. The number of hydrogen-bond acceptors (Lipinski definition) is 1. The van der Waals surface area contributed by atoms with Crippen LogP contribution in [0, 0.1) is 0 Å². The molecule has 2 heteroatoms. The standard InChI is InChI=1S/C8H16.C2H4O2/c1-3-5-7-8-6-4-2;1-2(3)4/h3H,1,4-8H2,2H3;1H3,(H,3,4). The summed E-state index contributed by atoms with van der Waals surface area (Å²) in [6, 6.07) is 0. The van der Waals surface area contributed by atoms with Crippen molar-refractivity contribution in [2.24, 2.45) is 0 Å². The maximum atomic E-state index is 9.00. The number of unbranched alkanes of at least 4 members (excludes halogenated alkanes) is 4. The van der Waals surface area contributed by atoms with Gasteiger partial charge in [-0.25, -0.2) is 0 Å². The van der Waals surface area contributed by atoms with Gasteiger partial charge in [-0.3, -0.25) is 4.79 Å². The van der Waals surface area contributed by atoms with E-state index in [9.17, 15) is 0 Å². The summed E-state index contributed by atoms with van der Waals surface area (Å²) in [7, 11) is 0. The van der Waals surface area contributed by atoms with Crippen LogP contribution in [-0.4, -0.2) is 11.1 Å². The number of allylic oxidation sites excluding steroid dienone is 1. The molecule has 0 aliphatic carbocycles. The summed E-state index contributed by atoms with van der Waals surface area (Å²) in [5.74, 6) is -0.833. The minimum atomic E-state index is -0.833. The molecule has 0 aliphatic heterocycles. The second-order valence-electron chi connectivity index (χ2n) is 2.66. The van der Waals surface area contributed by atoms with Crippen LogP contribution in [0.4, 0.5) is 0 Å². The first-order valence-electron chi connectivity index (χ1n) is 4.45. The molecular weight excluding hydrogens is 152 g/mol. The highest BCUT2D eigenvalue weighted by molar-refractivity contribution is 5.62. The van der Waals surface area contributed by atoms with Crippen LogP contribution in [-0.2, 0) is 4.79 Å². The highest BCUT2D eigenvalue weighted by Crippen LogP contribution is 2.01. The molecule has 0 saturated carbocycles. The van der Waals surface area contributed by atoms with Crippen molar-refractivity contribution in [1.29, 1.82) is 0 Å². The monoisotopic (exact) mass is 172 g/mol. The Morgan fingerprint density at radius 3 is 2.25 bits per heavy atom. The van der Waals surface area contributed by atoms with E-state index in [1.165, 1.54) is 32.1 Å².